The summed E-state index contributed by atoms with van der Waals surface area (Å²) in [6.07, 6.45) is 18.1. The molecule has 2 aromatic rings. The van der Waals surface area contributed by atoms with Crippen molar-refractivity contribution in [3.05, 3.63) is 84.0 Å². The molecule has 0 unspecified atom stereocenters. The van der Waals surface area contributed by atoms with Crippen LogP contribution in [0.4, 0.5) is 0 Å². The van der Waals surface area contributed by atoms with Gasteiger partial charge in [-0.1, -0.05) is 81.3 Å². The molecule has 148 valence electrons. The Kier molecular flexibility index (Phi) is 19.5. The van der Waals surface area contributed by atoms with Crippen LogP contribution in [0.5, 0.6) is 0 Å². The molecule has 0 atom stereocenters. The zero-order chi connectivity index (χ0) is 17.7. The fraction of sp³-hybridized carbons (Fsp3) is 0.360. The van der Waals surface area contributed by atoms with Crippen molar-refractivity contribution in [1.82, 2.24) is 0 Å². The summed E-state index contributed by atoms with van der Waals surface area (Å²) in [7, 11) is 0. The molecule has 2 aromatic carbocycles. The van der Waals surface area contributed by atoms with Crippen molar-refractivity contribution in [3.8, 4) is 11.1 Å². The molecule has 0 spiro atoms. The number of hydrogen-bond donors (Lipinski definition) is 0. The molecule has 2 aliphatic carbocycles. The number of allylic oxidation sites excluding steroid dienone is 4. The molecule has 0 fully saturated rings. The van der Waals surface area contributed by atoms with Gasteiger partial charge < -0.3 is 24.8 Å². The zero-order valence-corrected chi connectivity index (χ0v) is 20.9. The summed E-state index contributed by atoms with van der Waals surface area (Å²) in [4.78, 5) is 0. The van der Waals surface area contributed by atoms with E-state index in [4.69, 9.17) is 0 Å². The molecule has 0 aliphatic heterocycles. The van der Waals surface area contributed by atoms with Gasteiger partial charge in [-0.3, -0.25) is 6.08 Å². The van der Waals surface area contributed by atoms with Crippen molar-refractivity contribution in [3.63, 3.8) is 0 Å². The van der Waals surface area contributed by atoms with Gasteiger partial charge >= 0.3 is 26.2 Å². The molecule has 0 N–H and O–H groups in total. The minimum atomic E-state index is 0. The van der Waals surface area contributed by atoms with E-state index in [0.29, 0.717) is 0 Å². The Balaban J connectivity index is 0. The summed E-state index contributed by atoms with van der Waals surface area (Å²) in [6, 6.07) is 18.1. The average molecular weight is 493 g/mol. The van der Waals surface area contributed by atoms with Crippen LogP contribution in [0.15, 0.2) is 60.7 Å². The number of benzene rings is 2. The Morgan fingerprint density at radius 3 is 2.11 bits per heavy atom. The van der Waals surface area contributed by atoms with Gasteiger partial charge in [-0.25, -0.2) is 12.2 Å². The summed E-state index contributed by atoms with van der Waals surface area (Å²) < 4.78 is 0. The van der Waals surface area contributed by atoms with E-state index in [0.717, 1.165) is 12.8 Å². The first-order valence-corrected chi connectivity index (χ1v) is 9.66. The van der Waals surface area contributed by atoms with Crippen LogP contribution in [0.2, 0.25) is 0 Å². The normalized spacial score (nSPS) is 11.2. The topological polar surface area (TPSA) is 0 Å². The molecule has 0 heterocycles. The standard InChI is InChI=1S/C13H9.C7H16.C5H5.2ClH.Zr/c1-3-7-12-10(5-1)9-11-6-2-4-8-13(11)12;1-3-5-7-6-4-2;1-2-4-5-3-1;;;/h1-5,7-8H,9H2;3-7H2,1-2H3;1-3H,4H2;2*1H;/q-1;;-1;;;+4/p-2. The van der Waals surface area contributed by atoms with Crippen molar-refractivity contribution < 1.29 is 51.0 Å². The predicted octanol–water partition coefficient (Wildman–Crippen LogP) is 1.35. The molecule has 28 heavy (non-hydrogen) atoms. The molecule has 2 aliphatic rings. The fourth-order valence-electron chi connectivity index (χ4n) is 3.01. The third kappa shape index (κ3) is 10.2. The summed E-state index contributed by atoms with van der Waals surface area (Å²) in [6.45, 7) is 4.49. The first-order valence-electron chi connectivity index (χ1n) is 9.66. The van der Waals surface area contributed by atoms with Crippen LogP contribution < -0.4 is 24.8 Å². The van der Waals surface area contributed by atoms with Crippen LogP contribution in [0.25, 0.3) is 11.1 Å². The Bertz CT molecular complexity index is 635. The molecule has 0 aromatic heterocycles. The van der Waals surface area contributed by atoms with Gasteiger partial charge in [0.25, 0.3) is 0 Å². The van der Waals surface area contributed by atoms with Gasteiger partial charge in [0.1, 0.15) is 0 Å². The second-order valence-electron chi connectivity index (χ2n) is 6.46. The van der Waals surface area contributed by atoms with E-state index in [1.54, 1.807) is 0 Å². The van der Waals surface area contributed by atoms with E-state index in [-0.39, 0.29) is 51.0 Å². The molecule has 0 bridgehead atoms. The summed E-state index contributed by atoms with van der Waals surface area (Å²) in [5.41, 5.74) is 5.51. The van der Waals surface area contributed by atoms with E-state index in [1.165, 1.54) is 54.4 Å². The quantitative estimate of drug-likeness (QED) is 0.381. The van der Waals surface area contributed by atoms with Crippen LogP contribution in [-0.4, -0.2) is 0 Å². The van der Waals surface area contributed by atoms with Gasteiger partial charge in [-0.2, -0.15) is 35.9 Å². The minimum absolute atomic E-state index is 0. The van der Waals surface area contributed by atoms with Gasteiger partial charge in [0.15, 0.2) is 0 Å². The number of unbranched alkanes of at least 4 members (excludes halogenated alkanes) is 4. The first kappa shape index (κ1) is 29.6. The van der Waals surface area contributed by atoms with Crippen molar-refractivity contribution in [2.75, 3.05) is 0 Å². The molecule has 0 radical (unpaired) electrons. The summed E-state index contributed by atoms with van der Waals surface area (Å²) in [5, 5.41) is 0. The fourth-order valence-corrected chi connectivity index (χ4v) is 3.01. The van der Waals surface area contributed by atoms with Crippen molar-refractivity contribution in [1.29, 1.82) is 0 Å². The van der Waals surface area contributed by atoms with Crippen LogP contribution in [0.1, 0.15) is 63.5 Å². The molecule has 0 saturated heterocycles. The largest absolute Gasteiger partial charge is 4.00 e. The Labute approximate surface area is 203 Å². The van der Waals surface area contributed by atoms with Crippen molar-refractivity contribution >= 4 is 0 Å². The number of rotatable bonds is 4. The smallest absolute Gasteiger partial charge is 1.00 e. The predicted molar refractivity (Wildman–Crippen MR) is 110 cm³/mol. The third-order valence-corrected chi connectivity index (χ3v) is 4.41. The van der Waals surface area contributed by atoms with Gasteiger partial charge in [-0.05, 0) is 6.42 Å². The number of fused-ring (bicyclic) bond motifs is 3. The number of hydrogen-bond acceptors (Lipinski definition) is 0. The van der Waals surface area contributed by atoms with Crippen molar-refractivity contribution in [2.24, 2.45) is 0 Å². The monoisotopic (exact) mass is 490 g/mol. The van der Waals surface area contributed by atoms with Gasteiger partial charge in [-0.15, -0.1) is 12.0 Å². The van der Waals surface area contributed by atoms with E-state index in [2.05, 4.69) is 68.5 Å². The third-order valence-electron chi connectivity index (χ3n) is 4.41. The molecular weight excluding hydrogens is 462 g/mol. The van der Waals surface area contributed by atoms with Crippen LogP contribution in [0, 0.1) is 12.1 Å². The Morgan fingerprint density at radius 2 is 1.54 bits per heavy atom. The second-order valence-corrected chi connectivity index (χ2v) is 6.46. The Morgan fingerprint density at radius 1 is 0.857 bits per heavy atom. The molecule has 0 saturated carbocycles. The average Bonchev–Trinajstić information content (AvgIpc) is 3.34. The van der Waals surface area contributed by atoms with Crippen molar-refractivity contribution in [2.45, 2.75) is 58.8 Å². The Hall–Kier alpha value is -0.617. The zero-order valence-electron chi connectivity index (χ0n) is 17.0. The minimum Gasteiger partial charge on any atom is -1.00 e. The second kappa shape index (κ2) is 18.4. The van der Waals surface area contributed by atoms with Gasteiger partial charge in [0, 0.05) is 0 Å². The first-order chi connectivity index (χ1) is 12.4. The molecule has 4 rings (SSSR count). The molecule has 0 amide bonds. The van der Waals surface area contributed by atoms with E-state index in [9.17, 15) is 0 Å². The maximum Gasteiger partial charge on any atom is 4.00 e. The summed E-state index contributed by atoms with van der Waals surface area (Å²) in [5.74, 6) is 0. The van der Waals surface area contributed by atoms with E-state index >= 15 is 0 Å². The van der Waals surface area contributed by atoms with Crippen LogP contribution in [0.3, 0.4) is 0 Å². The molecule has 3 heteroatoms. The number of halogens is 2. The summed E-state index contributed by atoms with van der Waals surface area (Å²) >= 11 is 0. The van der Waals surface area contributed by atoms with Crippen LogP contribution >= 0.6 is 0 Å². The maximum atomic E-state index is 3.30. The van der Waals surface area contributed by atoms with Crippen LogP contribution in [-0.2, 0) is 32.6 Å². The maximum absolute atomic E-state index is 3.30. The molecular formula is C25H30Cl2Zr. The van der Waals surface area contributed by atoms with Gasteiger partial charge in [0.05, 0.1) is 0 Å². The van der Waals surface area contributed by atoms with Gasteiger partial charge in [0.2, 0.25) is 0 Å². The van der Waals surface area contributed by atoms with E-state index in [1.807, 2.05) is 18.2 Å². The SMILES string of the molecule is CCCCCCC.[C-]1=CC=CC1.[Cl-].[Cl-].[Zr+4].[c-]1cccc2c1Cc1ccccc1-2. The molecule has 0 nitrogen and oxygen atoms in total. The van der Waals surface area contributed by atoms with E-state index < -0.39 is 0 Å².